The van der Waals surface area contributed by atoms with Gasteiger partial charge in [0, 0.05) is 23.7 Å². The fourth-order valence-electron chi connectivity index (χ4n) is 3.20. The predicted molar refractivity (Wildman–Crippen MR) is 139 cm³/mol. The second-order valence-corrected chi connectivity index (χ2v) is 9.16. The second kappa shape index (κ2) is 17.7. The fraction of sp³-hybridized carbons (Fsp3) is 0.500. The Morgan fingerprint density at radius 2 is 1.66 bits per heavy atom. The molecule has 2 rings (SSSR count). The first kappa shape index (κ1) is 30.4. The molecule has 0 bridgehead atoms. The van der Waals surface area contributed by atoms with Crippen LogP contribution < -0.4 is 0 Å². The molecule has 8 nitrogen and oxygen atoms in total. The molecule has 0 radical (unpaired) electrons. The minimum absolute atomic E-state index is 0.233. The van der Waals surface area contributed by atoms with E-state index in [9.17, 15) is 14.7 Å². The van der Waals surface area contributed by atoms with Crippen molar-refractivity contribution in [2.24, 2.45) is 11.1 Å². The lowest BCUT2D eigenvalue weighted by Crippen LogP contribution is -2.38. The molecule has 0 spiro atoms. The van der Waals surface area contributed by atoms with E-state index in [0.717, 1.165) is 42.2 Å². The second-order valence-electron chi connectivity index (χ2n) is 8.72. The average Bonchev–Trinajstić information content (AvgIpc) is 2.81. The smallest absolute Gasteiger partial charge is 0.328 e. The van der Waals surface area contributed by atoms with E-state index in [0.29, 0.717) is 24.6 Å². The molecule has 1 heterocycles. The van der Waals surface area contributed by atoms with E-state index in [1.54, 1.807) is 0 Å². The highest BCUT2D eigenvalue weighted by Crippen LogP contribution is 2.13. The third-order valence-corrected chi connectivity index (χ3v) is 5.30. The maximum absolute atomic E-state index is 10.2. The van der Waals surface area contributed by atoms with Crippen molar-refractivity contribution in [2.45, 2.75) is 52.1 Å². The average molecular weight is 509 g/mol. The number of halogens is 1. The summed E-state index contributed by atoms with van der Waals surface area (Å²) in [6.07, 6.45) is 10.3. The number of allylic oxidation sites excluding steroid dienone is 1. The lowest BCUT2D eigenvalue weighted by atomic mass is 10.0. The molecule has 0 amide bonds. The maximum atomic E-state index is 10.2. The standard InChI is InChI=1S/C22H33ClN2O2.C4H4O4/c1-18(2)6-12-21(13-9-19-7-10-20(23)11-8-19)24-27-17-22(26)16-25-14-4-3-5-15-25;5-3(6)1-2-4(7)8/h7-11,13,18,22,26H,3-6,12,14-17H2,1-2H3;1-2H,(H,5,6)(H,7,8)/b13-9+,24-21+;2-1+. The monoisotopic (exact) mass is 508 g/mol. The van der Waals surface area contributed by atoms with Crippen molar-refractivity contribution in [3.8, 4) is 0 Å². The molecule has 9 heteroatoms. The summed E-state index contributed by atoms with van der Waals surface area (Å²) in [5.41, 5.74) is 1.96. The molecule has 194 valence electrons. The first-order chi connectivity index (χ1) is 16.7. The zero-order valence-electron chi connectivity index (χ0n) is 20.5. The number of carboxylic acids is 2. The summed E-state index contributed by atoms with van der Waals surface area (Å²) >= 11 is 5.93. The number of aliphatic hydroxyl groups is 1. The summed E-state index contributed by atoms with van der Waals surface area (Å²) < 4.78 is 0. The van der Waals surface area contributed by atoms with Crippen LogP contribution in [0.1, 0.15) is 51.5 Å². The van der Waals surface area contributed by atoms with Crippen molar-refractivity contribution in [1.29, 1.82) is 0 Å². The van der Waals surface area contributed by atoms with E-state index in [4.69, 9.17) is 26.7 Å². The van der Waals surface area contributed by atoms with Gasteiger partial charge in [-0.2, -0.15) is 0 Å². The van der Waals surface area contributed by atoms with Gasteiger partial charge < -0.3 is 25.1 Å². The van der Waals surface area contributed by atoms with Crippen LogP contribution in [-0.4, -0.2) is 70.2 Å². The van der Waals surface area contributed by atoms with Crippen LogP contribution in [-0.2, 0) is 14.4 Å². The molecule has 0 aliphatic carbocycles. The summed E-state index contributed by atoms with van der Waals surface area (Å²) in [6.45, 7) is 7.44. The van der Waals surface area contributed by atoms with Crippen LogP contribution in [0.4, 0.5) is 0 Å². The normalized spacial score (nSPS) is 15.7. The van der Waals surface area contributed by atoms with Gasteiger partial charge in [-0.05, 0) is 68.5 Å². The molecular formula is C26H37ClN2O6. The number of hydrogen-bond donors (Lipinski definition) is 3. The van der Waals surface area contributed by atoms with Gasteiger partial charge in [0.2, 0.25) is 0 Å². The fourth-order valence-corrected chi connectivity index (χ4v) is 3.33. The number of piperidine rings is 1. The van der Waals surface area contributed by atoms with Gasteiger partial charge in [-0.15, -0.1) is 0 Å². The molecule has 0 saturated carbocycles. The lowest BCUT2D eigenvalue weighted by molar-refractivity contribution is -0.134. The topological polar surface area (TPSA) is 120 Å². The molecule has 3 N–H and O–H groups in total. The molecule has 1 aliphatic rings. The summed E-state index contributed by atoms with van der Waals surface area (Å²) in [4.78, 5) is 26.9. The Kier molecular flexibility index (Phi) is 15.4. The number of likely N-dealkylation sites (tertiary alicyclic amines) is 1. The molecule has 1 atom stereocenters. The molecule has 1 unspecified atom stereocenters. The van der Waals surface area contributed by atoms with E-state index in [1.807, 2.05) is 36.4 Å². The van der Waals surface area contributed by atoms with Crippen LogP contribution >= 0.6 is 11.6 Å². The quantitative estimate of drug-likeness (QED) is 0.212. The number of nitrogens with zero attached hydrogens (tertiary/aromatic N) is 2. The largest absolute Gasteiger partial charge is 0.478 e. The van der Waals surface area contributed by atoms with Gasteiger partial charge in [0.25, 0.3) is 0 Å². The SMILES string of the molecule is CC(C)CCC(/C=C/c1ccc(Cl)cc1)=N\OCC(O)CN1CCCCC1.O=C(O)/C=C/C(=O)O. The molecular weight excluding hydrogens is 472 g/mol. The van der Waals surface area contributed by atoms with E-state index >= 15 is 0 Å². The minimum Gasteiger partial charge on any atom is -0.478 e. The van der Waals surface area contributed by atoms with E-state index in [2.05, 4.69) is 23.9 Å². The third kappa shape index (κ3) is 16.6. The van der Waals surface area contributed by atoms with Crippen molar-refractivity contribution in [1.82, 2.24) is 4.90 Å². The lowest BCUT2D eigenvalue weighted by Gasteiger charge is -2.27. The van der Waals surface area contributed by atoms with Gasteiger partial charge in [0.05, 0.1) is 5.71 Å². The molecule has 35 heavy (non-hydrogen) atoms. The van der Waals surface area contributed by atoms with E-state index in [1.165, 1.54) is 19.3 Å². The summed E-state index contributed by atoms with van der Waals surface area (Å²) in [7, 11) is 0. The summed E-state index contributed by atoms with van der Waals surface area (Å²) in [6, 6.07) is 7.70. The van der Waals surface area contributed by atoms with Gasteiger partial charge in [0.15, 0.2) is 0 Å². The van der Waals surface area contributed by atoms with Crippen LogP contribution in [0.2, 0.25) is 5.02 Å². The van der Waals surface area contributed by atoms with Gasteiger partial charge in [-0.25, -0.2) is 9.59 Å². The van der Waals surface area contributed by atoms with Crippen molar-refractivity contribution >= 4 is 35.3 Å². The van der Waals surface area contributed by atoms with Gasteiger partial charge in [0.1, 0.15) is 12.7 Å². The van der Waals surface area contributed by atoms with Crippen molar-refractivity contribution in [2.75, 3.05) is 26.2 Å². The zero-order valence-corrected chi connectivity index (χ0v) is 21.2. The number of rotatable bonds is 12. The highest BCUT2D eigenvalue weighted by atomic mass is 35.5. The van der Waals surface area contributed by atoms with Crippen LogP contribution in [0.15, 0.2) is 47.6 Å². The van der Waals surface area contributed by atoms with Gasteiger partial charge >= 0.3 is 11.9 Å². The van der Waals surface area contributed by atoms with Crippen LogP contribution in [0.25, 0.3) is 6.08 Å². The van der Waals surface area contributed by atoms with E-state index < -0.39 is 18.0 Å². The Hall–Kier alpha value is -2.68. The molecule has 1 aliphatic heterocycles. The number of oxime groups is 1. The summed E-state index contributed by atoms with van der Waals surface area (Å²) in [5.74, 6) is -1.91. The van der Waals surface area contributed by atoms with Gasteiger partial charge in [-0.1, -0.05) is 55.2 Å². The third-order valence-electron chi connectivity index (χ3n) is 5.05. The van der Waals surface area contributed by atoms with Crippen LogP contribution in [0.5, 0.6) is 0 Å². The number of aliphatic carboxylic acids is 2. The Labute approximate surface area is 212 Å². The highest BCUT2D eigenvalue weighted by molar-refractivity contribution is 6.30. The van der Waals surface area contributed by atoms with Crippen LogP contribution in [0, 0.1) is 5.92 Å². The van der Waals surface area contributed by atoms with Crippen molar-refractivity contribution in [3.05, 3.63) is 53.1 Å². The van der Waals surface area contributed by atoms with Crippen molar-refractivity contribution in [3.63, 3.8) is 0 Å². The zero-order chi connectivity index (χ0) is 26.1. The number of β-amino-alcohol motifs (C(OH)–C–C–N with tert-alkyl or cyclic N) is 1. The Bertz CT molecular complexity index is 830. The van der Waals surface area contributed by atoms with Crippen molar-refractivity contribution < 1.29 is 29.7 Å². The molecule has 1 aromatic rings. The van der Waals surface area contributed by atoms with E-state index in [-0.39, 0.29) is 6.61 Å². The molecule has 0 aromatic heterocycles. The van der Waals surface area contributed by atoms with Gasteiger partial charge in [-0.3, -0.25) is 0 Å². The minimum atomic E-state index is -1.26. The highest BCUT2D eigenvalue weighted by Gasteiger charge is 2.15. The maximum Gasteiger partial charge on any atom is 0.328 e. The molecule has 1 aromatic carbocycles. The number of carbonyl (C=O) groups is 2. The number of carboxylic acid groups (broad SMARTS) is 2. The molecule has 1 fully saturated rings. The Morgan fingerprint density at radius 3 is 2.20 bits per heavy atom. The number of benzene rings is 1. The Balaban J connectivity index is 0.000000658. The number of hydrogen-bond acceptors (Lipinski definition) is 6. The predicted octanol–water partition coefficient (Wildman–Crippen LogP) is 4.72. The van der Waals surface area contributed by atoms with Crippen LogP contribution in [0.3, 0.4) is 0 Å². The number of aliphatic hydroxyl groups excluding tert-OH is 1. The first-order valence-corrected chi connectivity index (χ1v) is 12.2. The Morgan fingerprint density at radius 1 is 1.06 bits per heavy atom. The molecule has 1 saturated heterocycles. The first-order valence-electron chi connectivity index (χ1n) is 11.8. The summed E-state index contributed by atoms with van der Waals surface area (Å²) in [5, 5.41) is 30.8.